The van der Waals surface area contributed by atoms with Gasteiger partial charge in [-0.1, -0.05) is 12.1 Å². The molecule has 7 nitrogen and oxygen atoms in total. The highest BCUT2D eigenvalue weighted by Crippen LogP contribution is 2.21. The zero-order valence-electron chi connectivity index (χ0n) is 12.9. The molecule has 0 aliphatic heterocycles. The third-order valence-electron chi connectivity index (χ3n) is 3.57. The summed E-state index contributed by atoms with van der Waals surface area (Å²) in [6.07, 6.45) is 3.01. The molecule has 0 amide bonds. The highest BCUT2D eigenvalue weighted by molar-refractivity contribution is 5.88. The van der Waals surface area contributed by atoms with Gasteiger partial charge >= 0.3 is 11.7 Å². The summed E-state index contributed by atoms with van der Waals surface area (Å²) in [5.74, 6) is -0.0696. The lowest BCUT2D eigenvalue weighted by Gasteiger charge is -2.12. The minimum absolute atomic E-state index is 0.0832. The molecule has 3 aromatic rings. The van der Waals surface area contributed by atoms with E-state index in [0.717, 1.165) is 5.56 Å². The summed E-state index contributed by atoms with van der Waals surface area (Å²) in [6.45, 7) is 1.81. The Labute approximate surface area is 131 Å². The predicted molar refractivity (Wildman–Crippen MR) is 83.4 cm³/mol. The Morgan fingerprint density at radius 1 is 1.22 bits per heavy atom. The molecule has 2 aromatic heterocycles. The number of imidazole rings is 1. The molecule has 3 rings (SSSR count). The fourth-order valence-electron chi connectivity index (χ4n) is 2.49. The fraction of sp³-hybridized carbons (Fsp3) is 0.188. The van der Waals surface area contributed by atoms with Gasteiger partial charge in [-0.3, -0.25) is 4.57 Å². The van der Waals surface area contributed by atoms with Crippen LogP contribution in [0.2, 0.25) is 0 Å². The smallest absolute Gasteiger partial charge is 0.356 e. The number of carbonyl (C=O) groups is 1. The Kier molecular flexibility index (Phi) is 3.61. The van der Waals surface area contributed by atoms with Gasteiger partial charge in [-0.2, -0.15) is 0 Å². The molecule has 2 heterocycles. The van der Waals surface area contributed by atoms with E-state index in [1.54, 1.807) is 24.4 Å². The van der Waals surface area contributed by atoms with Gasteiger partial charge in [0.2, 0.25) is 0 Å². The van der Waals surface area contributed by atoms with Crippen LogP contribution in [0.1, 0.15) is 16.1 Å². The SMILES string of the molecule is COC(=O)c1cnc2c(C)cn(-c3ccccc3OC)c(=O)n12. The number of aryl methyl sites for hydroxylation is 1. The molecule has 23 heavy (non-hydrogen) atoms. The van der Waals surface area contributed by atoms with Crippen molar-refractivity contribution in [3.63, 3.8) is 0 Å². The zero-order chi connectivity index (χ0) is 16.6. The molecule has 0 fully saturated rings. The first-order valence-electron chi connectivity index (χ1n) is 6.90. The second-order valence-corrected chi connectivity index (χ2v) is 4.93. The molecule has 0 aliphatic rings. The summed E-state index contributed by atoms with van der Waals surface area (Å²) >= 11 is 0. The first-order chi connectivity index (χ1) is 11.1. The molecule has 0 saturated heterocycles. The van der Waals surface area contributed by atoms with E-state index in [4.69, 9.17) is 9.47 Å². The van der Waals surface area contributed by atoms with Crippen molar-refractivity contribution in [1.29, 1.82) is 0 Å². The number of aromatic nitrogens is 3. The Balaban J connectivity index is 2.38. The molecule has 0 spiro atoms. The number of benzene rings is 1. The van der Waals surface area contributed by atoms with Crippen LogP contribution in [0.15, 0.2) is 41.5 Å². The third kappa shape index (κ3) is 2.26. The van der Waals surface area contributed by atoms with Crippen molar-refractivity contribution >= 4 is 11.6 Å². The number of carbonyl (C=O) groups excluding carboxylic acids is 1. The van der Waals surface area contributed by atoms with Gasteiger partial charge in [0.15, 0.2) is 5.69 Å². The zero-order valence-corrected chi connectivity index (χ0v) is 12.9. The van der Waals surface area contributed by atoms with Crippen LogP contribution in [-0.2, 0) is 4.74 Å². The van der Waals surface area contributed by atoms with Gasteiger partial charge in [0.25, 0.3) is 0 Å². The maximum absolute atomic E-state index is 12.9. The normalized spacial score (nSPS) is 10.7. The monoisotopic (exact) mass is 313 g/mol. The number of para-hydroxylation sites is 2. The first kappa shape index (κ1) is 14.8. The van der Waals surface area contributed by atoms with Gasteiger partial charge in [-0.15, -0.1) is 0 Å². The second kappa shape index (κ2) is 5.60. The van der Waals surface area contributed by atoms with Crippen LogP contribution in [0.25, 0.3) is 11.3 Å². The van der Waals surface area contributed by atoms with E-state index >= 15 is 0 Å². The molecule has 0 bridgehead atoms. The second-order valence-electron chi connectivity index (χ2n) is 4.93. The van der Waals surface area contributed by atoms with Crippen molar-refractivity contribution in [3.8, 4) is 11.4 Å². The molecule has 0 unspecified atom stereocenters. The van der Waals surface area contributed by atoms with E-state index < -0.39 is 11.7 Å². The van der Waals surface area contributed by atoms with E-state index in [1.165, 1.54) is 29.4 Å². The Morgan fingerprint density at radius 3 is 2.65 bits per heavy atom. The lowest BCUT2D eigenvalue weighted by Crippen LogP contribution is -2.28. The third-order valence-corrected chi connectivity index (χ3v) is 3.57. The molecule has 1 aromatic carbocycles. The maximum atomic E-state index is 12.9. The van der Waals surface area contributed by atoms with Crippen LogP contribution >= 0.6 is 0 Å². The highest BCUT2D eigenvalue weighted by Gasteiger charge is 2.19. The van der Waals surface area contributed by atoms with Gasteiger partial charge in [0.05, 0.1) is 26.1 Å². The molecule has 0 atom stereocenters. The van der Waals surface area contributed by atoms with E-state index in [9.17, 15) is 9.59 Å². The van der Waals surface area contributed by atoms with Crippen molar-refractivity contribution in [2.45, 2.75) is 6.92 Å². The minimum Gasteiger partial charge on any atom is -0.495 e. The number of hydrogen-bond donors (Lipinski definition) is 0. The maximum Gasteiger partial charge on any atom is 0.356 e. The number of rotatable bonds is 3. The number of nitrogens with zero attached hydrogens (tertiary/aromatic N) is 3. The quantitative estimate of drug-likeness (QED) is 0.686. The number of ether oxygens (including phenoxy) is 2. The van der Waals surface area contributed by atoms with Crippen molar-refractivity contribution in [3.05, 3.63) is 58.4 Å². The first-order valence-corrected chi connectivity index (χ1v) is 6.90. The van der Waals surface area contributed by atoms with Gasteiger partial charge in [-0.05, 0) is 19.1 Å². The molecule has 7 heteroatoms. The molecule has 0 radical (unpaired) electrons. The van der Waals surface area contributed by atoms with Crippen LogP contribution < -0.4 is 10.4 Å². The van der Waals surface area contributed by atoms with Crippen LogP contribution in [0.4, 0.5) is 0 Å². The standard InChI is InChI=1S/C16H15N3O4/c1-10-9-18(11-6-4-5-7-13(11)22-2)16(21)19-12(15(20)23-3)8-17-14(10)19/h4-9H,1-3H3. The molecule has 118 valence electrons. The lowest BCUT2D eigenvalue weighted by molar-refractivity contribution is 0.0592. The summed E-state index contributed by atoms with van der Waals surface area (Å²) in [5.41, 5.74) is 1.40. The van der Waals surface area contributed by atoms with Crippen LogP contribution in [-0.4, -0.2) is 34.1 Å². The predicted octanol–water partition coefficient (Wildman–Crippen LogP) is 1.59. The molecular weight excluding hydrogens is 298 g/mol. The fourth-order valence-corrected chi connectivity index (χ4v) is 2.49. The Hall–Kier alpha value is -3.09. The Bertz CT molecular complexity index is 956. The van der Waals surface area contributed by atoms with Gasteiger partial charge in [0, 0.05) is 11.8 Å². The van der Waals surface area contributed by atoms with Gasteiger partial charge in [0.1, 0.15) is 11.4 Å². The van der Waals surface area contributed by atoms with Crippen molar-refractivity contribution < 1.29 is 14.3 Å². The van der Waals surface area contributed by atoms with E-state index in [0.29, 0.717) is 17.1 Å². The van der Waals surface area contributed by atoms with Crippen LogP contribution in [0.3, 0.4) is 0 Å². The number of methoxy groups -OCH3 is 2. The van der Waals surface area contributed by atoms with Crippen LogP contribution in [0.5, 0.6) is 5.75 Å². The topological polar surface area (TPSA) is 74.8 Å². The summed E-state index contributed by atoms with van der Waals surface area (Å²) in [7, 11) is 2.79. The average molecular weight is 313 g/mol. The highest BCUT2D eigenvalue weighted by atomic mass is 16.5. The Morgan fingerprint density at radius 2 is 1.96 bits per heavy atom. The number of esters is 1. The molecule has 0 N–H and O–H groups in total. The van der Waals surface area contributed by atoms with Gasteiger partial charge in [-0.25, -0.2) is 19.0 Å². The molecule has 0 aliphatic carbocycles. The van der Waals surface area contributed by atoms with E-state index in [2.05, 4.69) is 4.98 Å². The van der Waals surface area contributed by atoms with Gasteiger partial charge < -0.3 is 9.47 Å². The summed E-state index contributed by atoms with van der Waals surface area (Å²) < 4.78 is 12.7. The molecule has 0 saturated carbocycles. The summed E-state index contributed by atoms with van der Waals surface area (Å²) in [5, 5.41) is 0. The summed E-state index contributed by atoms with van der Waals surface area (Å²) in [6, 6.07) is 7.14. The van der Waals surface area contributed by atoms with Crippen molar-refractivity contribution in [2.75, 3.05) is 14.2 Å². The lowest BCUT2D eigenvalue weighted by atomic mass is 10.2. The number of hydrogen-bond acceptors (Lipinski definition) is 5. The molecular formula is C16H15N3O4. The van der Waals surface area contributed by atoms with E-state index in [-0.39, 0.29) is 5.69 Å². The minimum atomic E-state index is -0.619. The number of fused-ring (bicyclic) bond motifs is 1. The van der Waals surface area contributed by atoms with Crippen molar-refractivity contribution in [1.82, 2.24) is 14.0 Å². The summed E-state index contributed by atoms with van der Waals surface area (Å²) in [4.78, 5) is 28.9. The average Bonchev–Trinajstić information content (AvgIpc) is 3.03. The van der Waals surface area contributed by atoms with Crippen molar-refractivity contribution in [2.24, 2.45) is 0 Å². The largest absolute Gasteiger partial charge is 0.495 e. The van der Waals surface area contributed by atoms with E-state index in [1.807, 2.05) is 13.0 Å². The van der Waals surface area contributed by atoms with Crippen LogP contribution in [0, 0.1) is 6.92 Å².